The van der Waals surface area contributed by atoms with Crippen LogP contribution in [0.3, 0.4) is 0 Å². The zero-order valence-corrected chi connectivity index (χ0v) is 17.0. The molecule has 10 heteroatoms. The number of anilines is 2. The first kappa shape index (κ1) is 22.4. The first-order valence-electron chi connectivity index (χ1n) is 9.64. The van der Waals surface area contributed by atoms with Crippen LogP contribution in [-0.4, -0.2) is 26.0 Å². The maximum absolute atomic E-state index is 13.0. The van der Waals surface area contributed by atoms with Gasteiger partial charge in [-0.3, -0.25) is 9.48 Å². The third kappa shape index (κ3) is 4.72. The second kappa shape index (κ2) is 8.43. The van der Waals surface area contributed by atoms with Crippen molar-refractivity contribution in [2.24, 2.45) is 5.92 Å². The van der Waals surface area contributed by atoms with Crippen LogP contribution in [0.4, 0.5) is 24.7 Å². The molecular formula is C21H22F3N5O2. The molecule has 0 spiro atoms. The van der Waals surface area contributed by atoms with Gasteiger partial charge in [-0.05, 0) is 49.4 Å². The van der Waals surface area contributed by atoms with Crippen molar-refractivity contribution in [2.75, 3.05) is 5.32 Å². The lowest BCUT2D eigenvalue weighted by Crippen LogP contribution is -2.39. The maximum atomic E-state index is 13.0. The number of halogens is 3. The van der Waals surface area contributed by atoms with Crippen LogP contribution in [0.25, 0.3) is 10.9 Å². The number of pyridine rings is 1. The predicted molar refractivity (Wildman–Crippen MR) is 110 cm³/mol. The molecule has 164 valence electrons. The topological polar surface area (TPSA) is 107 Å². The van der Waals surface area contributed by atoms with Crippen molar-refractivity contribution >= 4 is 22.4 Å². The van der Waals surface area contributed by atoms with Crippen LogP contribution in [0, 0.1) is 17.2 Å². The Kier molecular flexibility index (Phi) is 6.08. The Bertz CT molecular complexity index is 1150. The molecule has 0 aliphatic heterocycles. The molecule has 2 aromatic heterocycles. The lowest BCUT2D eigenvalue weighted by molar-refractivity contribution is -0.258. The van der Waals surface area contributed by atoms with Crippen molar-refractivity contribution < 1.29 is 18.3 Å². The summed E-state index contributed by atoms with van der Waals surface area (Å²) in [6, 6.07) is 8.75. The molecule has 0 bridgehead atoms. The summed E-state index contributed by atoms with van der Waals surface area (Å²) in [5.74, 6) is 0.895. The van der Waals surface area contributed by atoms with Crippen LogP contribution in [0.5, 0.6) is 0 Å². The number of hydrogen-bond donors (Lipinski definition) is 3. The zero-order chi connectivity index (χ0) is 22.8. The highest BCUT2D eigenvalue weighted by Gasteiger charge is 2.51. The number of nitrogens with zero attached hydrogens (tertiary/aromatic N) is 3. The van der Waals surface area contributed by atoms with Gasteiger partial charge < -0.3 is 15.4 Å². The standard InChI is InChI=1S/C19H19F3N4O2.C2H3N/c1-18(28,19(20,21)22)12-4-6-13(7-5-12)24-16-15-14(8-9-23-17(15)27)26(25-16)10-11-2-3-11;1-2-3/h4-9,11,28H,2-3,10H2,1H3,(H,23,27)(H,24,25);1H3. The van der Waals surface area contributed by atoms with E-state index in [1.165, 1.54) is 31.2 Å². The van der Waals surface area contributed by atoms with Crippen LogP contribution in [-0.2, 0) is 12.1 Å². The van der Waals surface area contributed by atoms with Gasteiger partial charge in [-0.2, -0.15) is 23.5 Å². The van der Waals surface area contributed by atoms with Gasteiger partial charge in [-0.1, -0.05) is 12.1 Å². The van der Waals surface area contributed by atoms with E-state index in [0.717, 1.165) is 19.4 Å². The SMILES string of the molecule is CC#N.CC(O)(c1ccc(Nc2nn(CC3CC3)c3cc[nH]c(=O)c23)cc1)C(F)(F)F. The number of aromatic amines is 1. The van der Waals surface area contributed by atoms with Crippen molar-refractivity contribution in [1.29, 1.82) is 5.26 Å². The largest absolute Gasteiger partial charge is 0.421 e. The van der Waals surface area contributed by atoms with Crippen LogP contribution >= 0.6 is 0 Å². The zero-order valence-electron chi connectivity index (χ0n) is 17.0. The lowest BCUT2D eigenvalue weighted by Gasteiger charge is -2.26. The van der Waals surface area contributed by atoms with Gasteiger partial charge in [0.05, 0.1) is 11.6 Å². The number of nitrogens with one attached hydrogen (secondary N) is 2. The number of aromatic nitrogens is 3. The van der Waals surface area contributed by atoms with E-state index in [2.05, 4.69) is 15.4 Å². The molecule has 2 heterocycles. The van der Waals surface area contributed by atoms with Crippen molar-refractivity contribution in [3.05, 3.63) is 52.4 Å². The quantitative estimate of drug-likeness (QED) is 0.560. The first-order chi connectivity index (χ1) is 14.6. The molecule has 0 saturated heterocycles. The molecule has 4 rings (SSSR count). The van der Waals surface area contributed by atoms with Crippen LogP contribution in [0.1, 0.15) is 32.3 Å². The molecule has 1 saturated carbocycles. The minimum atomic E-state index is -4.78. The van der Waals surface area contributed by atoms with E-state index in [1.54, 1.807) is 23.0 Å². The number of nitriles is 1. The van der Waals surface area contributed by atoms with Gasteiger partial charge in [0.1, 0.15) is 5.39 Å². The number of alkyl halides is 3. The van der Waals surface area contributed by atoms with E-state index in [4.69, 9.17) is 5.26 Å². The Morgan fingerprint density at radius 3 is 2.45 bits per heavy atom. The fraction of sp³-hybridized carbons (Fsp3) is 0.381. The number of aliphatic hydroxyl groups is 1. The van der Waals surface area contributed by atoms with E-state index in [9.17, 15) is 23.1 Å². The molecule has 1 fully saturated rings. The van der Waals surface area contributed by atoms with Gasteiger partial charge in [0.2, 0.25) is 0 Å². The highest BCUT2D eigenvalue weighted by molar-refractivity contribution is 5.91. The molecule has 1 unspecified atom stereocenters. The fourth-order valence-electron chi connectivity index (χ4n) is 3.09. The van der Waals surface area contributed by atoms with E-state index >= 15 is 0 Å². The van der Waals surface area contributed by atoms with Crippen LogP contribution in [0.2, 0.25) is 0 Å². The van der Waals surface area contributed by atoms with Gasteiger partial charge in [0.15, 0.2) is 11.4 Å². The van der Waals surface area contributed by atoms with E-state index < -0.39 is 11.8 Å². The predicted octanol–water partition coefficient (Wildman–Crippen LogP) is 4.18. The number of H-pyrrole nitrogens is 1. The maximum Gasteiger partial charge on any atom is 0.421 e. The number of rotatable bonds is 5. The highest BCUT2D eigenvalue weighted by atomic mass is 19.4. The van der Waals surface area contributed by atoms with Gasteiger partial charge in [-0.15, -0.1) is 0 Å². The Labute approximate surface area is 176 Å². The molecule has 3 aromatic rings. The highest BCUT2D eigenvalue weighted by Crippen LogP contribution is 2.39. The minimum Gasteiger partial charge on any atom is -0.376 e. The smallest absolute Gasteiger partial charge is 0.376 e. The summed E-state index contributed by atoms with van der Waals surface area (Å²) < 4.78 is 40.7. The summed E-state index contributed by atoms with van der Waals surface area (Å²) in [6.45, 7) is 2.86. The van der Waals surface area contributed by atoms with Crippen molar-refractivity contribution in [2.45, 2.75) is 45.0 Å². The molecule has 0 radical (unpaired) electrons. The van der Waals surface area contributed by atoms with Crippen molar-refractivity contribution in [3.63, 3.8) is 0 Å². The Balaban J connectivity index is 0.000000858. The summed E-state index contributed by atoms with van der Waals surface area (Å²) in [6.07, 6.45) is -0.956. The third-order valence-corrected chi connectivity index (χ3v) is 5.06. The van der Waals surface area contributed by atoms with Crippen LogP contribution < -0.4 is 10.9 Å². The summed E-state index contributed by atoms with van der Waals surface area (Å²) in [4.78, 5) is 14.9. The van der Waals surface area contributed by atoms with E-state index in [-0.39, 0.29) is 11.1 Å². The Hall–Kier alpha value is -3.32. The first-order valence-corrected chi connectivity index (χ1v) is 9.64. The van der Waals surface area contributed by atoms with Gasteiger partial charge in [0, 0.05) is 25.4 Å². The Morgan fingerprint density at radius 2 is 1.90 bits per heavy atom. The molecule has 1 atom stereocenters. The van der Waals surface area contributed by atoms with E-state index in [1.807, 2.05) is 0 Å². The van der Waals surface area contributed by atoms with E-state index in [0.29, 0.717) is 35.2 Å². The third-order valence-electron chi connectivity index (χ3n) is 5.06. The summed E-state index contributed by atoms with van der Waals surface area (Å²) >= 11 is 0. The van der Waals surface area contributed by atoms with Gasteiger partial charge in [0.25, 0.3) is 5.56 Å². The van der Waals surface area contributed by atoms with Crippen molar-refractivity contribution in [1.82, 2.24) is 14.8 Å². The summed E-state index contributed by atoms with van der Waals surface area (Å²) in [7, 11) is 0. The fourth-order valence-corrected chi connectivity index (χ4v) is 3.09. The molecule has 1 aromatic carbocycles. The molecule has 0 amide bonds. The summed E-state index contributed by atoms with van der Waals surface area (Å²) in [5, 5.41) is 25.0. The second-order valence-corrected chi connectivity index (χ2v) is 7.54. The molecule has 7 nitrogen and oxygen atoms in total. The molecule has 31 heavy (non-hydrogen) atoms. The summed E-state index contributed by atoms with van der Waals surface area (Å²) in [5.41, 5.74) is -2.34. The average Bonchev–Trinajstić information content (AvgIpc) is 3.44. The number of benzene rings is 1. The van der Waals surface area contributed by atoms with Gasteiger partial charge >= 0.3 is 6.18 Å². The second-order valence-electron chi connectivity index (χ2n) is 7.54. The molecule has 1 aliphatic carbocycles. The van der Waals surface area contributed by atoms with Crippen molar-refractivity contribution in [3.8, 4) is 6.07 Å². The molecular weight excluding hydrogens is 411 g/mol. The average molecular weight is 433 g/mol. The molecule has 1 aliphatic rings. The van der Waals surface area contributed by atoms with Gasteiger partial charge in [-0.25, -0.2) is 0 Å². The Morgan fingerprint density at radius 1 is 1.29 bits per heavy atom. The normalized spacial score (nSPS) is 15.5. The van der Waals surface area contributed by atoms with Crippen LogP contribution in [0.15, 0.2) is 41.3 Å². The number of hydrogen-bond acceptors (Lipinski definition) is 5. The number of fused-ring (bicyclic) bond motifs is 1. The minimum absolute atomic E-state index is 0.271. The monoisotopic (exact) mass is 433 g/mol. The molecule has 3 N–H and O–H groups in total. The lowest BCUT2D eigenvalue weighted by atomic mass is 9.95.